The molecule has 1 aliphatic rings. The summed E-state index contributed by atoms with van der Waals surface area (Å²) in [5.41, 5.74) is 1.34. The maximum atomic E-state index is 12.8. The molecule has 1 aliphatic heterocycles. The van der Waals surface area contributed by atoms with Crippen LogP contribution in [0.5, 0.6) is 11.5 Å². The number of carbonyl (C=O) groups excluding carboxylic acids is 1. The quantitative estimate of drug-likeness (QED) is 0.657. The molecule has 0 radical (unpaired) electrons. The average Bonchev–Trinajstić information content (AvgIpc) is 2.74. The first-order valence-electron chi connectivity index (χ1n) is 10.1. The van der Waals surface area contributed by atoms with Crippen LogP contribution in [-0.4, -0.2) is 50.7 Å². The van der Waals surface area contributed by atoms with Crippen molar-refractivity contribution in [3.63, 3.8) is 0 Å². The Morgan fingerprint density at radius 3 is 2.38 bits per heavy atom. The van der Waals surface area contributed by atoms with E-state index in [1.165, 1.54) is 17.7 Å². The smallest absolute Gasteiger partial charge is 0.234 e. The van der Waals surface area contributed by atoms with Gasteiger partial charge in [0, 0.05) is 0 Å². The molecule has 0 aliphatic carbocycles. The number of hydrogen-bond donors (Lipinski definition) is 1. The van der Waals surface area contributed by atoms with Gasteiger partial charge in [-0.25, -0.2) is 4.39 Å². The first kappa shape index (κ1) is 21.1. The van der Waals surface area contributed by atoms with Crippen LogP contribution in [0.1, 0.15) is 18.4 Å². The molecule has 156 valence electrons. The molecule has 1 saturated heterocycles. The third-order valence-corrected chi connectivity index (χ3v) is 5.26. The fourth-order valence-corrected chi connectivity index (χ4v) is 3.59. The highest BCUT2D eigenvalue weighted by atomic mass is 19.1. The molecule has 0 atom stereocenters. The summed E-state index contributed by atoms with van der Waals surface area (Å²) in [4.78, 5) is 14.3. The molecule has 0 bridgehead atoms. The number of piperidine rings is 1. The number of hydrogen-bond acceptors (Lipinski definition) is 4. The van der Waals surface area contributed by atoms with E-state index in [4.69, 9.17) is 9.47 Å². The van der Waals surface area contributed by atoms with Gasteiger partial charge in [0.15, 0.2) is 0 Å². The van der Waals surface area contributed by atoms with Crippen molar-refractivity contribution in [1.29, 1.82) is 0 Å². The van der Waals surface area contributed by atoms with Gasteiger partial charge in [0.25, 0.3) is 0 Å². The molecule has 1 heterocycles. The highest BCUT2D eigenvalue weighted by Crippen LogP contribution is 2.22. The molecule has 0 unspecified atom stereocenters. The number of halogens is 1. The molecule has 1 amide bonds. The fourth-order valence-electron chi connectivity index (χ4n) is 3.59. The van der Waals surface area contributed by atoms with Gasteiger partial charge in [0.1, 0.15) is 23.9 Å². The van der Waals surface area contributed by atoms with E-state index < -0.39 is 0 Å². The lowest BCUT2D eigenvalue weighted by Crippen LogP contribution is -2.42. The number of nitrogens with one attached hydrogen (secondary N) is 1. The highest BCUT2D eigenvalue weighted by Gasteiger charge is 2.21. The summed E-state index contributed by atoms with van der Waals surface area (Å²) in [5, 5.41) is 2.88. The molecule has 0 spiro atoms. The van der Waals surface area contributed by atoms with Gasteiger partial charge in [-0.2, -0.15) is 0 Å². The van der Waals surface area contributed by atoms with Gasteiger partial charge in [0.2, 0.25) is 5.91 Å². The SMILES string of the molecule is COc1ccc(CC2CCN(CC(=O)NCCOc3ccc(F)cc3)CC2)cc1. The minimum atomic E-state index is -0.293. The van der Waals surface area contributed by atoms with E-state index in [9.17, 15) is 9.18 Å². The molecule has 1 fully saturated rings. The molecule has 29 heavy (non-hydrogen) atoms. The van der Waals surface area contributed by atoms with E-state index in [1.807, 2.05) is 12.1 Å². The summed E-state index contributed by atoms with van der Waals surface area (Å²) in [7, 11) is 1.68. The lowest BCUT2D eigenvalue weighted by Gasteiger charge is -2.31. The minimum Gasteiger partial charge on any atom is -0.497 e. The standard InChI is InChI=1S/C23H29FN2O3/c1-28-21-6-2-18(3-7-21)16-19-10-13-26(14-11-19)17-23(27)25-12-15-29-22-8-4-20(24)5-9-22/h2-9,19H,10-17H2,1H3,(H,25,27). The molecular weight excluding hydrogens is 371 g/mol. The van der Waals surface area contributed by atoms with Gasteiger partial charge in [-0.3, -0.25) is 9.69 Å². The van der Waals surface area contributed by atoms with E-state index in [0.29, 0.717) is 31.4 Å². The number of likely N-dealkylation sites (tertiary alicyclic amines) is 1. The van der Waals surface area contributed by atoms with Crippen LogP contribution in [-0.2, 0) is 11.2 Å². The Bertz CT molecular complexity index is 757. The van der Waals surface area contributed by atoms with Crippen molar-refractivity contribution in [3.8, 4) is 11.5 Å². The van der Waals surface area contributed by atoms with Crippen LogP contribution in [0.15, 0.2) is 48.5 Å². The Morgan fingerprint density at radius 1 is 1.07 bits per heavy atom. The number of carbonyl (C=O) groups is 1. The van der Waals surface area contributed by atoms with Crippen LogP contribution in [0, 0.1) is 11.7 Å². The lowest BCUT2D eigenvalue weighted by molar-refractivity contribution is -0.122. The van der Waals surface area contributed by atoms with Crippen molar-refractivity contribution in [1.82, 2.24) is 10.2 Å². The third-order valence-electron chi connectivity index (χ3n) is 5.26. The lowest BCUT2D eigenvalue weighted by atomic mass is 9.90. The Hall–Kier alpha value is -2.60. The summed E-state index contributed by atoms with van der Waals surface area (Å²) >= 11 is 0. The van der Waals surface area contributed by atoms with Gasteiger partial charge < -0.3 is 14.8 Å². The Labute approximate surface area is 171 Å². The second-order valence-corrected chi connectivity index (χ2v) is 7.42. The predicted octanol–water partition coefficient (Wildman–Crippen LogP) is 3.28. The van der Waals surface area contributed by atoms with Crippen LogP contribution >= 0.6 is 0 Å². The summed E-state index contributed by atoms with van der Waals surface area (Å²) in [6.07, 6.45) is 3.28. The molecule has 3 rings (SSSR count). The number of rotatable bonds is 9. The zero-order valence-corrected chi connectivity index (χ0v) is 16.9. The number of ether oxygens (including phenoxy) is 2. The largest absolute Gasteiger partial charge is 0.497 e. The zero-order chi connectivity index (χ0) is 20.5. The first-order chi connectivity index (χ1) is 14.1. The van der Waals surface area contributed by atoms with Crippen molar-refractivity contribution in [2.24, 2.45) is 5.92 Å². The topological polar surface area (TPSA) is 50.8 Å². The van der Waals surface area contributed by atoms with Gasteiger partial charge in [-0.1, -0.05) is 12.1 Å². The van der Waals surface area contributed by atoms with Crippen LogP contribution in [0.25, 0.3) is 0 Å². The highest BCUT2D eigenvalue weighted by molar-refractivity contribution is 5.78. The first-order valence-corrected chi connectivity index (χ1v) is 10.1. The number of nitrogens with zero attached hydrogens (tertiary/aromatic N) is 1. The van der Waals surface area contributed by atoms with Crippen LogP contribution < -0.4 is 14.8 Å². The van der Waals surface area contributed by atoms with Gasteiger partial charge in [0.05, 0.1) is 20.2 Å². The maximum Gasteiger partial charge on any atom is 0.234 e. The summed E-state index contributed by atoms with van der Waals surface area (Å²) < 4.78 is 23.5. The van der Waals surface area contributed by atoms with Gasteiger partial charge in [-0.15, -0.1) is 0 Å². The predicted molar refractivity (Wildman–Crippen MR) is 111 cm³/mol. The Morgan fingerprint density at radius 2 is 1.72 bits per heavy atom. The van der Waals surface area contributed by atoms with Crippen molar-refractivity contribution < 1.29 is 18.7 Å². The third kappa shape index (κ3) is 7.06. The van der Waals surface area contributed by atoms with Gasteiger partial charge in [-0.05, 0) is 80.2 Å². The second kappa shape index (κ2) is 10.8. The number of amides is 1. The maximum absolute atomic E-state index is 12.8. The van der Waals surface area contributed by atoms with E-state index in [2.05, 4.69) is 22.3 Å². The molecule has 6 heteroatoms. The summed E-state index contributed by atoms with van der Waals surface area (Å²) in [6, 6.07) is 14.1. The second-order valence-electron chi connectivity index (χ2n) is 7.42. The van der Waals surface area contributed by atoms with Crippen LogP contribution in [0.4, 0.5) is 4.39 Å². The normalized spacial score (nSPS) is 15.1. The van der Waals surface area contributed by atoms with Crippen molar-refractivity contribution in [3.05, 3.63) is 59.9 Å². The molecule has 1 N–H and O–H groups in total. The monoisotopic (exact) mass is 400 g/mol. The molecule has 5 nitrogen and oxygen atoms in total. The van der Waals surface area contributed by atoms with Crippen LogP contribution in [0.2, 0.25) is 0 Å². The van der Waals surface area contributed by atoms with E-state index in [-0.39, 0.29) is 11.7 Å². The van der Waals surface area contributed by atoms with Crippen molar-refractivity contribution in [2.75, 3.05) is 39.9 Å². The Kier molecular flexibility index (Phi) is 7.87. The van der Waals surface area contributed by atoms with Crippen LogP contribution in [0.3, 0.4) is 0 Å². The number of benzene rings is 2. The fraction of sp³-hybridized carbons (Fsp3) is 0.435. The van der Waals surface area contributed by atoms with E-state index >= 15 is 0 Å². The van der Waals surface area contributed by atoms with Crippen molar-refractivity contribution in [2.45, 2.75) is 19.3 Å². The molecule has 2 aromatic rings. The number of methoxy groups -OCH3 is 1. The average molecular weight is 400 g/mol. The van der Waals surface area contributed by atoms with E-state index in [1.54, 1.807) is 19.2 Å². The van der Waals surface area contributed by atoms with Crippen molar-refractivity contribution >= 4 is 5.91 Å². The van der Waals surface area contributed by atoms with E-state index in [0.717, 1.165) is 38.1 Å². The molecular formula is C23H29FN2O3. The summed E-state index contributed by atoms with van der Waals surface area (Å²) in [6.45, 7) is 3.11. The molecule has 2 aromatic carbocycles. The Balaban J connectivity index is 1.29. The molecule has 0 saturated carbocycles. The summed E-state index contributed by atoms with van der Waals surface area (Å²) in [5.74, 6) is 1.86. The molecule has 0 aromatic heterocycles. The minimum absolute atomic E-state index is 0.0151. The van der Waals surface area contributed by atoms with Gasteiger partial charge >= 0.3 is 0 Å². The zero-order valence-electron chi connectivity index (χ0n) is 16.9.